The van der Waals surface area contributed by atoms with Gasteiger partial charge in [0.15, 0.2) is 14.9 Å². The molecule has 0 amide bonds. The summed E-state index contributed by atoms with van der Waals surface area (Å²) in [5, 5.41) is 11.5. The van der Waals surface area contributed by atoms with Crippen molar-refractivity contribution in [2.45, 2.75) is 67.8 Å². The zero-order chi connectivity index (χ0) is 20.1. The van der Waals surface area contributed by atoms with Crippen LogP contribution in [0.1, 0.15) is 50.5 Å². The third-order valence-corrected chi connectivity index (χ3v) is 8.26. The van der Waals surface area contributed by atoms with Gasteiger partial charge in [-0.1, -0.05) is 49.6 Å². The van der Waals surface area contributed by atoms with E-state index in [-0.39, 0.29) is 10.3 Å². The molecule has 0 atom stereocenters. The Kier molecular flexibility index (Phi) is 6.45. The Morgan fingerprint density at radius 2 is 1.62 bits per heavy atom. The number of benzene rings is 1. The lowest BCUT2D eigenvalue weighted by molar-refractivity contribution is 0.211. The number of likely N-dealkylation sites (tertiary alicyclic amines) is 1. The summed E-state index contributed by atoms with van der Waals surface area (Å²) in [4.78, 5) is 2.47. The van der Waals surface area contributed by atoms with E-state index >= 15 is 0 Å². The second kappa shape index (κ2) is 9.22. The molecule has 1 saturated carbocycles. The number of nitrogens with one attached hydrogen (secondary N) is 1. The molecule has 0 radical (unpaired) electrons. The van der Waals surface area contributed by atoms with Gasteiger partial charge in [-0.15, -0.1) is 10.2 Å². The van der Waals surface area contributed by atoms with E-state index in [1.54, 1.807) is 12.1 Å². The standard InChI is InChI=1S/C22H30N4O2S/c27-29(28,20-9-5-2-6-10-20)22-12-11-21(24-25-22)23-19-13-15-26(16-14-19)17-18-7-3-1-4-8-18/h1,3-4,7-8,11-12,19-20H,2,5-6,9-10,13-17H2,(H,23,24). The summed E-state index contributed by atoms with van der Waals surface area (Å²) >= 11 is 0. The zero-order valence-electron chi connectivity index (χ0n) is 16.8. The largest absolute Gasteiger partial charge is 0.366 e. The summed E-state index contributed by atoms with van der Waals surface area (Å²) in [6, 6.07) is 14.3. The van der Waals surface area contributed by atoms with Gasteiger partial charge in [-0.25, -0.2) is 8.42 Å². The molecule has 1 saturated heterocycles. The highest BCUT2D eigenvalue weighted by Crippen LogP contribution is 2.28. The summed E-state index contributed by atoms with van der Waals surface area (Å²) in [5.41, 5.74) is 1.35. The van der Waals surface area contributed by atoms with Crippen molar-refractivity contribution >= 4 is 15.7 Å². The third-order valence-electron chi connectivity index (χ3n) is 6.11. The molecule has 156 valence electrons. The minimum atomic E-state index is -3.36. The minimum absolute atomic E-state index is 0.118. The lowest BCUT2D eigenvalue weighted by atomic mass is 10.0. The summed E-state index contributed by atoms with van der Waals surface area (Å²) in [6.45, 7) is 3.06. The van der Waals surface area contributed by atoms with Gasteiger partial charge >= 0.3 is 0 Å². The van der Waals surface area contributed by atoms with Crippen LogP contribution in [0.3, 0.4) is 0 Å². The fourth-order valence-electron chi connectivity index (χ4n) is 4.38. The van der Waals surface area contributed by atoms with Crippen LogP contribution in [0.15, 0.2) is 47.5 Å². The number of rotatable bonds is 6. The molecule has 2 aliphatic rings. The van der Waals surface area contributed by atoms with E-state index in [9.17, 15) is 8.42 Å². The van der Waals surface area contributed by atoms with Gasteiger partial charge in [0.2, 0.25) is 0 Å². The van der Waals surface area contributed by atoms with Crippen LogP contribution in [0.4, 0.5) is 5.82 Å². The van der Waals surface area contributed by atoms with Crippen LogP contribution in [0, 0.1) is 0 Å². The second-order valence-corrected chi connectivity index (χ2v) is 10.4. The molecule has 7 heteroatoms. The van der Waals surface area contributed by atoms with Crippen molar-refractivity contribution in [1.29, 1.82) is 0 Å². The summed E-state index contributed by atoms with van der Waals surface area (Å²) in [5.74, 6) is 0.661. The highest BCUT2D eigenvalue weighted by Gasteiger charge is 2.30. The highest BCUT2D eigenvalue weighted by atomic mass is 32.2. The Labute approximate surface area is 173 Å². The maximum atomic E-state index is 12.7. The molecule has 1 N–H and O–H groups in total. The first-order valence-corrected chi connectivity index (χ1v) is 12.3. The van der Waals surface area contributed by atoms with Crippen molar-refractivity contribution in [1.82, 2.24) is 15.1 Å². The number of aromatic nitrogens is 2. The van der Waals surface area contributed by atoms with Crippen LogP contribution < -0.4 is 5.32 Å². The SMILES string of the molecule is O=S(=O)(c1ccc(NC2CCN(Cc3ccccc3)CC2)nn1)C1CCCCC1. The van der Waals surface area contributed by atoms with Crippen LogP contribution in [0.5, 0.6) is 0 Å². The van der Waals surface area contributed by atoms with Crippen molar-refractivity contribution < 1.29 is 8.42 Å². The van der Waals surface area contributed by atoms with E-state index in [1.807, 2.05) is 6.07 Å². The van der Waals surface area contributed by atoms with Crippen LogP contribution in [0.25, 0.3) is 0 Å². The van der Waals surface area contributed by atoms with E-state index in [0.29, 0.717) is 11.9 Å². The molecule has 1 aromatic carbocycles. The zero-order valence-corrected chi connectivity index (χ0v) is 17.7. The molecule has 1 aliphatic carbocycles. The van der Waals surface area contributed by atoms with Crippen LogP contribution >= 0.6 is 0 Å². The minimum Gasteiger partial charge on any atom is -0.366 e. The van der Waals surface area contributed by atoms with Crippen molar-refractivity contribution in [3.8, 4) is 0 Å². The quantitative estimate of drug-likeness (QED) is 0.777. The lowest BCUT2D eigenvalue weighted by Crippen LogP contribution is -2.38. The second-order valence-electron chi connectivity index (χ2n) is 8.24. The molecule has 1 aliphatic heterocycles. The van der Waals surface area contributed by atoms with E-state index < -0.39 is 9.84 Å². The van der Waals surface area contributed by atoms with Crippen molar-refractivity contribution in [3.05, 3.63) is 48.0 Å². The van der Waals surface area contributed by atoms with Gasteiger partial charge in [0.25, 0.3) is 0 Å². The molecular formula is C22H30N4O2S. The molecular weight excluding hydrogens is 384 g/mol. The Morgan fingerprint density at radius 1 is 0.897 bits per heavy atom. The number of hydrogen-bond donors (Lipinski definition) is 1. The van der Waals surface area contributed by atoms with Crippen molar-refractivity contribution in [3.63, 3.8) is 0 Å². The molecule has 0 unspecified atom stereocenters. The Morgan fingerprint density at radius 3 is 2.28 bits per heavy atom. The smallest absolute Gasteiger partial charge is 0.200 e. The number of piperidine rings is 1. The fourth-order valence-corrected chi connectivity index (χ4v) is 6.09. The Bertz CT molecular complexity index is 873. The maximum Gasteiger partial charge on any atom is 0.200 e. The number of sulfone groups is 1. The predicted octanol–water partition coefficient (Wildman–Crippen LogP) is 3.66. The highest BCUT2D eigenvalue weighted by molar-refractivity contribution is 7.92. The van der Waals surface area contributed by atoms with E-state index in [0.717, 1.165) is 64.6 Å². The topological polar surface area (TPSA) is 75.2 Å². The van der Waals surface area contributed by atoms with Crippen molar-refractivity contribution in [2.75, 3.05) is 18.4 Å². The van der Waals surface area contributed by atoms with E-state index in [1.165, 1.54) is 5.56 Å². The van der Waals surface area contributed by atoms with Gasteiger partial charge in [-0.2, -0.15) is 0 Å². The van der Waals surface area contributed by atoms with E-state index in [2.05, 4.69) is 44.7 Å². The first-order chi connectivity index (χ1) is 14.1. The van der Waals surface area contributed by atoms with Crippen LogP contribution in [0.2, 0.25) is 0 Å². The van der Waals surface area contributed by atoms with Crippen molar-refractivity contribution in [2.24, 2.45) is 0 Å². The van der Waals surface area contributed by atoms with Gasteiger partial charge in [0, 0.05) is 25.7 Å². The Balaban J connectivity index is 1.29. The van der Waals surface area contributed by atoms with Gasteiger partial charge in [0.1, 0.15) is 5.82 Å². The van der Waals surface area contributed by atoms with Gasteiger partial charge in [-0.05, 0) is 43.4 Å². The molecule has 4 rings (SSSR count). The van der Waals surface area contributed by atoms with Crippen LogP contribution in [-0.2, 0) is 16.4 Å². The fraction of sp³-hybridized carbons (Fsp3) is 0.545. The molecule has 6 nitrogen and oxygen atoms in total. The normalized spacial score (nSPS) is 19.9. The van der Waals surface area contributed by atoms with Crippen LogP contribution in [-0.4, -0.2) is 47.9 Å². The monoisotopic (exact) mass is 414 g/mol. The average Bonchev–Trinajstić information content (AvgIpc) is 2.77. The summed E-state index contributed by atoms with van der Waals surface area (Å²) < 4.78 is 25.5. The number of hydrogen-bond acceptors (Lipinski definition) is 6. The van der Waals surface area contributed by atoms with E-state index in [4.69, 9.17) is 0 Å². The molecule has 2 heterocycles. The molecule has 0 spiro atoms. The molecule has 0 bridgehead atoms. The summed E-state index contributed by atoms with van der Waals surface area (Å²) in [6.07, 6.45) is 6.66. The predicted molar refractivity (Wildman–Crippen MR) is 114 cm³/mol. The summed E-state index contributed by atoms with van der Waals surface area (Å²) in [7, 11) is -3.36. The Hall–Kier alpha value is -1.99. The maximum absolute atomic E-state index is 12.7. The first-order valence-electron chi connectivity index (χ1n) is 10.7. The van der Waals surface area contributed by atoms with Gasteiger partial charge in [-0.3, -0.25) is 4.90 Å². The molecule has 1 aromatic heterocycles. The first kappa shape index (κ1) is 20.3. The third kappa shape index (κ3) is 5.14. The number of nitrogens with zero attached hydrogens (tertiary/aromatic N) is 3. The van der Waals surface area contributed by atoms with Gasteiger partial charge in [0.05, 0.1) is 5.25 Å². The number of anilines is 1. The molecule has 29 heavy (non-hydrogen) atoms. The average molecular weight is 415 g/mol. The lowest BCUT2D eigenvalue weighted by Gasteiger charge is -2.32. The molecule has 2 aromatic rings. The molecule has 2 fully saturated rings. The van der Waals surface area contributed by atoms with Gasteiger partial charge < -0.3 is 5.32 Å².